The van der Waals surface area contributed by atoms with Crippen molar-refractivity contribution in [1.82, 2.24) is 10.6 Å². The van der Waals surface area contributed by atoms with Gasteiger partial charge in [0.15, 0.2) is 0 Å². The van der Waals surface area contributed by atoms with E-state index in [1.807, 2.05) is 6.92 Å². The minimum atomic E-state index is -0.781. The lowest BCUT2D eigenvalue weighted by molar-refractivity contribution is -0.151. The fourth-order valence-corrected chi connectivity index (χ4v) is 1.82. The Morgan fingerprint density at radius 3 is 2.42 bits per heavy atom. The average Bonchev–Trinajstić information content (AvgIpc) is 2.37. The number of ether oxygens (including phenoxy) is 1. The fourth-order valence-electron chi connectivity index (χ4n) is 1.82. The monoisotopic (exact) mass is 273 g/mol. The summed E-state index contributed by atoms with van der Waals surface area (Å²) in [7, 11) is 1.68. The van der Waals surface area contributed by atoms with Gasteiger partial charge in [0.1, 0.15) is 5.54 Å². The number of nitrogens with two attached hydrogens (primary N) is 1. The molecule has 2 atom stereocenters. The van der Waals surface area contributed by atoms with Gasteiger partial charge in [-0.25, -0.2) is 0 Å². The van der Waals surface area contributed by atoms with Crippen molar-refractivity contribution in [2.45, 2.75) is 51.6 Å². The van der Waals surface area contributed by atoms with E-state index in [0.717, 1.165) is 13.0 Å². The first-order valence-electron chi connectivity index (χ1n) is 6.80. The topological polar surface area (TPSA) is 93.5 Å². The summed E-state index contributed by atoms with van der Waals surface area (Å²) in [4.78, 5) is 23.2. The molecule has 19 heavy (non-hydrogen) atoms. The Hall–Kier alpha value is -1.14. The molecule has 1 amide bonds. The molecule has 0 saturated heterocycles. The molecule has 0 saturated carbocycles. The number of hydrogen-bond donors (Lipinski definition) is 3. The third-order valence-electron chi connectivity index (χ3n) is 3.12. The third kappa shape index (κ3) is 6.02. The minimum Gasteiger partial charge on any atom is -0.465 e. The molecule has 0 bridgehead atoms. The summed E-state index contributed by atoms with van der Waals surface area (Å²) >= 11 is 0. The van der Waals surface area contributed by atoms with Gasteiger partial charge >= 0.3 is 5.97 Å². The van der Waals surface area contributed by atoms with Gasteiger partial charge in [-0.2, -0.15) is 0 Å². The number of carbonyl (C=O) groups excluding carboxylic acids is 2. The van der Waals surface area contributed by atoms with Crippen molar-refractivity contribution >= 4 is 11.9 Å². The molecule has 6 nitrogen and oxygen atoms in total. The predicted molar refractivity (Wildman–Crippen MR) is 74.6 cm³/mol. The molecular weight excluding hydrogens is 246 g/mol. The molecule has 0 fully saturated rings. The molecule has 0 aliphatic rings. The third-order valence-corrected chi connectivity index (χ3v) is 3.12. The highest BCUT2D eigenvalue weighted by molar-refractivity contribution is 5.81. The van der Waals surface area contributed by atoms with Crippen LogP contribution in [0.1, 0.15) is 40.0 Å². The Morgan fingerprint density at radius 1 is 1.37 bits per heavy atom. The molecule has 0 radical (unpaired) electrons. The van der Waals surface area contributed by atoms with Crippen LogP contribution in [0.3, 0.4) is 0 Å². The Balaban J connectivity index is 4.65. The first kappa shape index (κ1) is 17.9. The molecule has 6 heteroatoms. The number of hydrogen-bond acceptors (Lipinski definition) is 5. The van der Waals surface area contributed by atoms with Gasteiger partial charge in [-0.1, -0.05) is 6.92 Å². The van der Waals surface area contributed by atoms with Crippen molar-refractivity contribution < 1.29 is 14.3 Å². The van der Waals surface area contributed by atoms with Crippen LogP contribution in [-0.4, -0.2) is 43.7 Å². The van der Waals surface area contributed by atoms with Gasteiger partial charge < -0.3 is 21.1 Å². The Kier molecular flexibility index (Phi) is 8.34. The lowest BCUT2D eigenvalue weighted by atomic mass is 9.93. The number of primary amides is 1. The van der Waals surface area contributed by atoms with Crippen molar-refractivity contribution in [3.8, 4) is 0 Å². The van der Waals surface area contributed by atoms with Crippen LogP contribution >= 0.6 is 0 Å². The van der Waals surface area contributed by atoms with Crippen molar-refractivity contribution in [2.24, 2.45) is 5.73 Å². The molecule has 112 valence electrons. The predicted octanol–water partition coefficient (Wildman–Crippen LogP) is 0.161. The maximum absolute atomic E-state index is 12.0. The largest absolute Gasteiger partial charge is 0.465 e. The second-order valence-corrected chi connectivity index (χ2v) is 4.76. The van der Waals surface area contributed by atoms with E-state index in [1.54, 1.807) is 20.9 Å². The summed E-state index contributed by atoms with van der Waals surface area (Å²) in [5.41, 5.74) is 4.49. The zero-order chi connectivity index (χ0) is 14.9. The summed E-state index contributed by atoms with van der Waals surface area (Å²) in [6.07, 6.45) is 1.89. The van der Waals surface area contributed by atoms with E-state index < -0.39 is 17.5 Å². The highest BCUT2D eigenvalue weighted by atomic mass is 16.5. The van der Waals surface area contributed by atoms with Crippen LogP contribution in [0.2, 0.25) is 0 Å². The number of likely N-dealkylation sites (N-methyl/N-ethyl adjacent to an activating group) is 1. The molecular formula is C13H27N3O3. The molecule has 0 aromatic carbocycles. The summed E-state index contributed by atoms with van der Waals surface area (Å²) in [6.45, 7) is 6.66. The van der Waals surface area contributed by atoms with Gasteiger partial charge in [0.25, 0.3) is 0 Å². The quantitative estimate of drug-likeness (QED) is 0.493. The van der Waals surface area contributed by atoms with Gasteiger partial charge in [0, 0.05) is 0 Å². The van der Waals surface area contributed by atoms with E-state index in [2.05, 4.69) is 10.6 Å². The van der Waals surface area contributed by atoms with Crippen LogP contribution in [0.5, 0.6) is 0 Å². The molecule has 2 unspecified atom stereocenters. The summed E-state index contributed by atoms with van der Waals surface area (Å²) < 4.78 is 5.09. The van der Waals surface area contributed by atoms with Gasteiger partial charge in [-0.3, -0.25) is 9.59 Å². The van der Waals surface area contributed by atoms with Crippen molar-refractivity contribution in [3.05, 3.63) is 0 Å². The highest BCUT2D eigenvalue weighted by Crippen LogP contribution is 2.16. The zero-order valence-corrected chi connectivity index (χ0v) is 12.4. The second kappa shape index (κ2) is 8.87. The maximum Gasteiger partial charge on any atom is 0.326 e. The molecule has 0 aliphatic heterocycles. The average molecular weight is 273 g/mol. The lowest BCUT2D eigenvalue weighted by Gasteiger charge is -2.29. The van der Waals surface area contributed by atoms with Crippen LogP contribution in [0.4, 0.5) is 0 Å². The molecule has 0 aromatic rings. The van der Waals surface area contributed by atoms with E-state index in [9.17, 15) is 9.59 Å². The Bertz CT molecular complexity index is 297. The summed E-state index contributed by atoms with van der Waals surface area (Å²) in [5.74, 6) is -0.702. The molecule has 0 heterocycles. The lowest BCUT2D eigenvalue weighted by Crippen LogP contribution is -2.52. The second-order valence-electron chi connectivity index (χ2n) is 4.76. The van der Waals surface area contributed by atoms with E-state index in [4.69, 9.17) is 10.5 Å². The number of rotatable bonds is 10. The van der Waals surface area contributed by atoms with Crippen molar-refractivity contribution in [2.75, 3.05) is 20.2 Å². The normalized spacial score (nSPS) is 15.6. The summed E-state index contributed by atoms with van der Waals surface area (Å²) in [5, 5.41) is 6.04. The molecule has 4 N–H and O–H groups in total. The fraction of sp³-hybridized carbons (Fsp3) is 0.846. The van der Waals surface area contributed by atoms with Crippen LogP contribution in [0.25, 0.3) is 0 Å². The smallest absolute Gasteiger partial charge is 0.326 e. The number of carbonyl (C=O) groups is 2. The zero-order valence-electron chi connectivity index (χ0n) is 12.4. The van der Waals surface area contributed by atoms with Crippen LogP contribution in [-0.2, 0) is 14.3 Å². The van der Waals surface area contributed by atoms with E-state index >= 15 is 0 Å². The van der Waals surface area contributed by atoms with Crippen LogP contribution in [0, 0.1) is 0 Å². The highest BCUT2D eigenvalue weighted by Gasteiger charge is 2.34. The first-order valence-corrected chi connectivity index (χ1v) is 6.80. The van der Waals surface area contributed by atoms with Crippen LogP contribution < -0.4 is 16.4 Å². The minimum absolute atomic E-state index is 0.289. The van der Waals surface area contributed by atoms with E-state index in [0.29, 0.717) is 19.4 Å². The molecule has 0 aromatic heterocycles. The van der Waals surface area contributed by atoms with Gasteiger partial charge in [0.2, 0.25) is 5.91 Å². The number of nitrogens with one attached hydrogen (secondary N) is 2. The molecule has 0 rings (SSSR count). The van der Waals surface area contributed by atoms with E-state index in [-0.39, 0.29) is 5.97 Å². The number of amides is 1. The standard InChI is InChI=1S/C13H27N3O3/c1-5-9-16-13(3,12(18)19-6-2)8-7-10(15-4)11(14)17/h10,15-16H,5-9H2,1-4H3,(H2,14,17). The van der Waals surface area contributed by atoms with Gasteiger partial charge in [-0.15, -0.1) is 0 Å². The van der Waals surface area contributed by atoms with Gasteiger partial charge in [-0.05, 0) is 46.7 Å². The van der Waals surface area contributed by atoms with Crippen molar-refractivity contribution in [3.63, 3.8) is 0 Å². The SMILES string of the molecule is CCCNC(C)(CCC(NC)C(N)=O)C(=O)OCC. The first-order chi connectivity index (χ1) is 8.91. The molecule has 0 spiro atoms. The van der Waals surface area contributed by atoms with Crippen LogP contribution in [0.15, 0.2) is 0 Å². The summed E-state index contributed by atoms with van der Waals surface area (Å²) in [6, 6.07) is -0.433. The Labute approximate surface area is 115 Å². The maximum atomic E-state index is 12.0. The van der Waals surface area contributed by atoms with Crippen molar-refractivity contribution in [1.29, 1.82) is 0 Å². The van der Waals surface area contributed by atoms with E-state index in [1.165, 1.54) is 0 Å². The molecule has 0 aliphatic carbocycles. The van der Waals surface area contributed by atoms with Gasteiger partial charge in [0.05, 0.1) is 12.6 Å². The number of esters is 1. The Morgan fingerprint density at radius 2 is 2.00 bits per heavy atom.